The summed E-state index contributed by atoms with van der Waals surface area (Å²) < 4.78 is 5.16. The Hall–Kier alpha value is -1.06. The van der Waals surface area contributed by atoms with Crippen molar-refractivity contribution in [2.45, 2.75) is 33.1 Å². The van der Waals surface area contributed by atoms with Crippen molar-refractivity contribution in [3.63, 3.8) is 0 Å². The minimum atomic E-state index is 0.743. The van der Waals surface area contributed by atoms with E-state index in [-0.39, 0.29) is 0 Å². The van der Waals surface area contributed by atoms with E-state index in [1.165, 1.54) is 18.4 Å². The summed E-state index contributed by atoms with van der Waals surface area (Å²) in [4.78, 5) is 0. The van der Waals surface area contributed by atoms with Crippen molar-refractivity contribution >= 4 is 0 Å². The Bertz CT molecular complexity index is 335. The predicted molar refractivity (Wildman–Crippen MR) is 86.5 cm³/mol. The standard InChI is InChI=1S/C17H30N2O/c1-15(2)14-19-13-5-12-18-11-4-6-16-7-9-17(20-3)10-8-16/h7-10,15,18-19H,4-6,11-14H2,1-3H3. The van der Waals surface area contributed by atoms with Crippen LogP contribution in [0.3, 0.4) is 0 Å². The minimum Gasteiger partial charge on any atom is -0.497 e. The summed E-state index contributed by atoms with van der Waals surface area (Å²) in [5.41, 5.74) is 1.38. The summed E-state index contributed by atoms with van der Waals surface area (Å²) >= 11 is 0. The van der Waals surface area contributed by atoms with Gasteiger partial charge >= 0.3 is 0 Å². The number of benzene rings is 1. The first-order valence-corrected chi connectivity index (χ1v) is 7.76. The SMILES string of the molecule is COc1ccc(CCCNCCCNCC(C)C)cc1. The highest BCUT2D eigenvalue weighted by Crippen LogP contribution is 2.12. The Morgan fingerprint density at radius 1 is 0.950 bits per heavy atom. The van der Waals surface area contributed by atoms with Crippen molar-refractivity contribution in [1.82, 2.24) is 10.6 Å². The number of rotatable bonds is 11. The molecule has 0 aromatic heterocycles. The van der Waals surface area contributed by atoms with Gasteiger partial charge in [0, 0.05) is 0 Å². The molecular formula is C17H30N2O. The summed E-state index contributed by atoms with van der Waals surface area (Å²) in [6, 6.07) is 8.36. The van der Waals surface area contributed by atoms with Crippen LogP contribution in [0.5, 0.6) is 5.75 Å². The van der Waals surface area contributed by atoms with Crippen LogP contribution in [0.2, 0.25) is 0 Å². The first-order chi connectivity index (χ1) is 9.72. The average molecular weight is 278 g/mol. The summed E-state index contributed by atoms with van der Waals surface area (Å²) in [7, 11) is 1.70. The molecule has 3 nitrogen and oxygen atoms in total. The van der Waals surface area contributed by atoms with Gasteiger partial charge in [-0.2, -0.15) is 0 Å². The highest BCUT2D eigenvalue weighted by molar-refractivity contribution is 5.27. The maximum absolute atomic E-state index is 5.16. The van der Waals surface area contributed by atoms with Crippen LogP contribution < -0.4 is 15.4 Å². The fourth-order valence-corrected chi connectivity index (χ4v) is 2.06. The number of ether oxygens (including phenoxy) is 1. The monoisotopic (exact) mass is 278 g/mol. The van der Waals surface area contributed by atoms with Gasteiger partial charge in [0.15, 0.2) is 0 Å². The zero-order valence-corrected chi connectivity index (χ0v) is 13.2. The molecule has 1 aromatic rings. The predicted octanol–water partition coefficient (Wildman–Crippen LogP) is 2.85. The van der Waals surface area contributed by atoms with Crippen LogP contribution in [0.15, 0.2) is 24.3 Å². The highest BCUT2D eigenvalue weighted by Gasteiger charge is 1.95. The molecule has 0 aliphatic rings. The van der Waals surface area contributed by atoms with Crippen LogP contribution in [0, 0.1) is 5.92 Å². The first kappa shape index (κ1) is 17.0. The fraction of sp³-hybridized carbons (Fsp3) is 0.647. The lowest BCUT2D eigenvalue weighted by atomic mass is 10.1. The number of nitrogens with one attached hydrogen (secondary N) is 2. The van der Waals surface area contributed by atoms with Gasteiger partial charge in [-0.25, -0.2) is 0 Å². The molecule has 0 aliphatic heterocycles. The second-order valence-corrected chi connectivity index (χ2v) is 5.65. The Morgan fingerprint density at radius 3 is 2.25 bits per heavy atom. The van der Waals surface area contributed by atoms with Gasteiger partial charge in [-0.3, -0.25) is 0 Å². The molecule has 0 radical (unpaired) electrons. The topological polar surface area (TPSA) is 33.3 Å². The number of aryl methyl sites for hydroxylation is 1. The molecule has 0 heterocycles. The molecule has 2 N–H and O–H groups in total. The Balaban J connectivity index is 1.94. The second-order valence-electron chi connectivity index (χ2n) is 5.65. The highest BCUT2D eigenvalue weighted by atomic mass is 16.5. The number of hydrogen-bond donors (Lipinski definition) is 2. The van der Waals surface area contributed by atoms with E-state index in [1.54, 1.807) is 7.11 Å². The third-order valence-electron chi connectivity index (χ3n) is 3.24. The molecule has 0 aliphatic carbocycles. The van der Waals surface area contributed by atoms with Gasteiger partial charge in [-0.1, -0.05) is 26.0 Å². The van der Waals surface area contributed by atoms with Crippen LogP contribution in [0.4, 0.5) is 0 Å². The van der Waals surface area contributed by atoms with Gasteiger partial charge in [0.1, 0.15) is 5.75 Å². The smallest absolute Gasteiger partial charge is 0.118 e. The summed E-state index contributed by atoms with van der Waals surface area (Å²) in [6.45, 7) is 8.92. The van der Waals surface area contributed by atoms with Crippen molar-refractivity contribution in [2.24, 2.45) is 5.92 Å². The lowest BCUT2D eigenvalue weighted by molar-refractivity contribution is 0.414. The summed E-state index contributed by atoms with van der Waals surface area (Å²) in [5.74, 6) is 1.67. The van der Waals surface area contributed by atoms with Crippen LogP contribution in [-0.2, 0) is 6.42 Å². The maximum Gasteiger partial charge on any atom is 0.118 e. The summed E-state index contributed by atoms with van der Waals surface area (Å²) in [6.07, 6.45) is 3.52. The lowest BCUT2D eigenvalue weighted by Crippen LogP contribution is -2.25. The Morgan fingerprint density at radius 2 is 1.60 bits per heavy atom. The Kier molecular flexibility index (Phi) is 9.09. The maximum atomic E-state index is 5.16. The molecule has 0 saturated heterocycles. The van der Waals surface area contributed by atoms with Gasteiger partial charge in [0.05, 0.1) is 7.11 Å². The van der Waals surface area contributed by atoms with Gasteiger partial charge < -0.3 is 15.4 Å². The quantitative estimate of drug-likeness (QED) is 0.611. The van der Waals surface area contributed by atoms with Crippen molar-refractivity contribution in [1.29, 1.82) is 0 Å². The molecule has 0 saturated carbocycles. The lowest BCUT2D eigenvalue weighted by Gasteiger charge is -2.08. The van der Waals surface area contributed by atoms with Gasteiger partial charge in [-0.05, 0) is 69.1 Å². The van der Waals surface area contributed by atoms with E-state index in [9.17, 15) is 0 Å². The number of methoxy groups -OCH3 is 1. The van der Waals surface area contributed by atoms with E-state index in [1.807, 2.05) is 12.1 Å². The summed E-state index contributed by atoms with van der Waals surface area (Å²) in [5, 5.41) is 6.96. The van der Waals surface area contributed by atoms with Gasteiger partial charge in [0.25, 0.3) is 0 Å². The van der Waals surface area contributed by atoms with E-state index in [0.29, 0.717) is 0 Å². The zero-order valence-electron chi connectivity index (χ0n) is 13.2. The van der Waals surface area contributed by atoms with E-state index >= 15 is 0 Å². The molecule has 114 valence electrons. The molecule has 1 rings (SSSR count). The third-order valence-corrected chi connectivity index (χ3v) is 3.24. The molecule has 20 heavy (non-hydrogen) atoms. The van der Waals surface area contributed by atoms with E-state index in [4.69, 9.17) is 4.74 Å². The normalized spacial score (nSPS) is 11.0. The number of hydrogen-bond acceptors (Lipinski definition) is 3. The van der Waals surface area contributed by atoms with E-state index in [0.717, 1.165) is 44.3 Å². The Labute approximate surface area is 124 Å². The minimum absolute atomic E-state index is 0.743. The van der Waals surface area contributed by atoms with Gasteiger partial charge in [-0.15, -0.1) is 0 Å². The van der Waals surface area contributed by atoms with Gasteiger partial charge in [0.2, 0.25) is 0 Å². The molecule has 0 unspecified atom stereocenters. The molecule has 0 atom stereocenters. The van der Waals surface area contributed by atoms with Crippen LogP contribution in [-0.4, -0.2) is 33.3 Å². The van der Waals surface area contributed by atoms with Crippen LogP contribution in [0.25, 0.3) is 0 Å². The third kappa shape index (κ3) is 8.18. The largest absolute Gasteiger partial charge is 0.497 e. The fourth-order valence-electron chi connectivity index (χ4n) is 2.06. The van der Waals surface area contributed by atoms with Crippen molar-refractivity contribution < 1.29 is 4.74 Å². The molecule has 0 spiro atoms. The van der Waals surface area contributed by atoms with E-state index in [2.05, 4.69) is 36.6 Å². The molecule has 0 amide bonds. The zero-order chi connectivity index (χ0) is 14.6. The average Bonchev–Trinajstić information content (AvgIpc) is 2.46. The van der Waals surface area contributed by atoms with Crippen LogP contribution >= 0.6 is 0 Å². The van der Waals surface area contributed by atoms with Crippen molar-refractivity contribution in [2.75, 3.05) is 33.3 Å². The molecular weight excluding hydrogens is 248 g/mol. The van der Waals surface area contributed by atoms with Crippen LogP contribution in [0.1, 0.15) is 32.3 Å². The molecule has 1 aromatic carbocycles. The first-order valence-electron chi connectivity index (χ1n) is 7.76. The molecule has 0 fully saturated rings. The molecule has 0 bridgehead atoms. The van der Waals surface area contributed by atoms with E-state index < -0.39 is 0 Å². The second kappa shape index (κ2) is 10.7. The van der Waals surface area contributed by atoms with Crippen molar-refractivity contribution in [3.8, 4) is 5.75 Å². The van der Waals surface area contributed by atoms with Crippen molar-refractivity contribution in [3.05, 3.63) is 29.8 Å². The molecule has 3 heteroatoms.